The first-order valence-electron chi connectivity index (χ1n) is 20.9. The molecule has 0 atom stereocenters. The maximum absolute atomic E-state index is 2.46. The van der Waals surface area contributed by atoms with Gasteiger partial charge >= 0.3 is 0 Å². The van der Waals surface area contributed by atoms with Crippen molar-refractivity contribution in [2.24, 2.45) is 0 Å². The van der Waals surface area contributed by atoms with E-state index in [-0.39, 0.29) is 5.41 Å². The van der Waals surface area contributed by atoms with Crippen LogP contribution >= 0.6 is 0 Å². The lowest BCUT2D eigenvalue weighted by Gasteiger charge is -2.28. The molecular weight excluding hydrogens is 723 g/mol. The largest absolute Gasteiger partial charge is 0.310 e. The standard InChI is InChI=1S/C59H43N/c1-59(2)57-38-45(50-36-37-54(53-22-12-11-21-51(50)53)52-23-13-19-44-18-9-10-20-49(44)52)28-34-55(57)56-35-33-48(39-58(56)59)60(46-29-24-42(25-30-46)40-14-5-3-6-15-40)47-31-26-43(27-32-47)41-16-7-4-8-17-41/h3-39H,1-2H3. The van der Waals surface area contributed by atoms with E-state index in [0.717, 1.165) is 17.1 Å². The Morgan fingerprint density at radius 1 is 0.283 bits per heavy atom. The number of nitrogens with zero attached hydrogens (tertiary/aromatic N) is 1. The van der Waals surface area contributed by atoms with Crippen LogP contribution in [-0.2, 0) is 5.41 Å². The second-order valence-electron chi connectivity index (χ2n) is 16.5. The summed E-state index contributed by atoms with van der Waals surface area (Å²) in [5.74, 6) is 0. The van der Waals surface area contributed by atoms with E-state index in [0.29, 0.717) is 0 Å². The summed E-state index contributed by atoms with van der Waals surface area (Å²) < 4.78 is 0. The van der Waals surface area contributed by atoms with E-state index >= 15 is 0 Å². The molecule has 0 bridgehead atoms. The topological polar surface area (TPSA) is 3.24 Å². The van der Waals surface area contributed by atoms with Crippen LogP contribution in [0.3, 0.4) is 0 Å². The van der Waals surface area contributed by atoms with Crippen LogP contribution in [0.25, 0.3) is 77.2 Å². The molecule has 0 spiro atoms. The summed E-state index contributed by atoms with van der Waals surface area (Å²) in [4.78, 5) is 2.40. The first-order valence-corrected chi connectivity index (χ1v) is 20.9. The summed E-state index contributed by atoms with van der Waals surface area (Å²) in [5.41, 5.74) is 18.4. The number of hydrogen-bond acceptors (Lipinski definition) is 1. The van der Waals surface area contributed by atoms with Crippen LogP contribution in [0.4, 0.5) is 17.1 Å². The smallest absolute Gasteiger partial charge is 0.0465 e. The third-order valence-corrected chi connectivity index (χ3v) is 12.7. The Kier molecular flexibility index (Phi) is 8.57. The zero-order valence-corrected chi connectivity index (χ0v) is 33.8. The van der Waals surface area contributed by atoms with Crippen LogP contribution in [0.5, 0.6) is 0 Å². The van der Waals surface area contributed by atoms with Gasteiger partial charge in [-0.1, -0.05) is 196 Å². The summed E-state index contributed by atoms with van der Waals surface area (Å²) in [7, 11) is 0. The monoisotopic (exact) mass is 765 g/mol. The Bertz CT molecular complexity index is 3110. The Hall–Kier alpha value is -7.48. The fourth-order valence-corrected chi connectivity index (χ4v) is 9.59. The van der Waals surface area contributed by atoms with Crippen molar-refractivity contribution in [2.75, 3.05) is 4.90 Å². The molecule has 0 amide bonds. The van der Waals surface area contributed by atoms with Crippen LogP contribution in [0.15, 0.2) is 224 Å². The minimum Gasteiger partial charge on any atom is -0.310 e. The van der Waals surface area contributed by atoms with E-state index in [2.05, 4.69) is 243 Å². The first kappa shape index (κ1) is 35.7. The molecule has 284 valence electrons. The van der Waals surface area contributed by atoms with Crippen LogP contribution in [0.2, 0.25) is 0 Å². The van der Waals surface area contributed by atoms with Gasteiger partial charge in [-0.15, -0.1) is 0 Å². The number of fused-ring (bicyclic) bond motifs is 5. The highest BCUT2D eigenvalue weighted by Crippen LogP contribution is 2.52. The molecule has 1 aliphatic carbocycles. The SMILES string of the molecule is CC1(C)c2cc(-c3ccc(-c4cccc5ccccc45)c4ccccc34)ccc2-c2ccc(N(c3ccc(-c4ccccc4)cc3)c3ccc(-c4ccccc4)cc3)cc21. The Balaban J connectivity index is 0.988. The van der Waals surface area contributed by atoms with Gasteiger partial charge in [-0.05, 0) is 131 Å². The molecule has 0 fully saturated rings. The van der Waals surface area contributed by atoms with E-state index in [1.54, 1.807) is 0 Å². The van der Waals surface area contributed by atoms with Gasteiger partial charge in [0.25, 0.3) is 0 Å². The molecule has 0 unspecified atom stereocenters. The van der Waals surface area contributed by atoms with Gasteiger partial charge < -0.3 is 4.90 Å². The lowest BCUT2D eigenvalue weighted by atomic mass is 9.81. The molecule has 60 heavy (non-hydrogen) atoms. The van der Waals surface area contributed by atoms with E-state index in [1.165, 1.54) is 88.3 Å². The molecule has 0 aromatic heterocycles. The first-order chi connectivity index (χ1) is 29.5. The lowest BCUT2D eigenvalue weighted by Crippen LogP contribution is -2.16. The normalized spacial score (nSPS) is 12.6. The molecule has 0 radical (unpaired) electrons. The zero-order chi connectivity index (χ0) is 40.2. The molecule has 11 rings (SSSR count). The van der Waals surface area contributed by atoms with Gasteiger partial charge in [0.1, 0.15) is 0 Å². The fraction of sp³-hybridized carbons (Fsp3) is 0.0508. The van der Waals surface area contributed by atoms with Gasteiger partial charge in [0.05, 0.1) is 0 Å². The van der Waals surface area contributed by atoms with Crippen molar-refractivity contribution in [3.05, 3.63) is 236 Å². The molecule has 0 saturated carbocycles. The van der Waals surface area contributed by atoms with Crippen molar-refractivity contribution in [2.45, 2.75) is 19.3 Å². The van der Waals surface area contributed by atoms with Gasteiger partial charge in [0.15, 0.2) is 0 Å². The fourth-order valence-electron chi connectivity index (χ4n) is 9.59. The molecule has 10 aromatic carbocycles. The minimum atomic E-state index is -0.213. The highest BCUT2D eigenvalue weighted by Gasteiger charge is 2.36. The molecular formula is C59H43N. The highest BCUT2D eigenvalue weighted by molar-refractivity contribution is 6.09. The maximum Gasteiger partial charge on any atom is 0.0465 e. The van der Waals surface area contributed by atoms with E-state index in [9.17, 15) is 0 Å². The highest BCUT2D eigenvalue weighted by atomic mass is 15.1. The second kappa shape index (κ2) is 14.4. The molecule has 0 N–H and O–H groups in total. The molecule has 1 aliphatic rings. The lowest BCUT2D eigenvalue weighted by molar-refractivity contribution is 0.660. The maximum atomic E-state index is 2.46. The zero-order valence-electron chi connectivity index (χ0n) is 33.8. The summed E-state index contributed by atoms with van der Waals surface area (Å²) in [6.07, 6.45) is 0. The number of rotatable bonds is 7. The Morgan fingerprint density at radius 3 is 1.33 bits per heavy atom. The third kappa shape index (κ3) is 6.01. The average molecular weight is 766 g/mol. The molecule has 1 nitrogen and oxygen atoms in total. The van der Waals surface area contributed by atoms with Crippen LogP contribution in [0.1, 0.15) is 25.0 Å². The number of benzene rings is 10. The van der Waals surface area contributed by atoms with Crippen molar-refractivity contribution in [3.8, 4) is 55.6 Å². The quantitative estimate of drug-likeness (QED) is 0.156. The van der Waals surface area contributed by atoms with Gasteiger partial charge in [-0.2, -0.15) is 0 Å². The van der Waals surface area contributed by atoms with Crippen molar-refractivity contribution >= 4 is 38.6 Å². The van der Waals surface area contributed by atoms with Crippen LogP contribution < -0.4 is 4.90 Å². The van der Waals surface area contributed by atoms with Crippen molar-refractivity contribution in [1.82, 2.24) is 0 Å². The molecule has 0 heterocycles. The molecule has 0 saturated heterocycles. The van der Waals surface area contributed by atoms with Gasteiger partial charge in [0.2, 0.25) is 0 Å². The van der Waals surface area contributed by atoms with Crippen molar-refractivity contribution < 1.29 is 0 Å². The number of hydrogen-bond donors (Lipinski definition) is 0. The Labute approximate surface area is 352 Å². The van der Waals surface area contributed by atoms with E-state index < -0.39 is 0 Å². The third-order valence-electron chi connectivity index (χ3n) is 12.7. The van der Waals surface area contributed by atoms with Gasteiger partial charge in [0, 0.05) is 22.5 Å². The average Bonchev–Trinajstić information content (AvgIpc) is 3.54. The molecule has 0 aliphatic heterocycles. The second-order valence-corrected chi connectivity index (χ2v) is 16.5. The Morgan fingerprint density at radius 2 is 0.700 bits per heavy atom. The van der Waals surface area contributed by atoms with Crippen molar-refractivity contribution in [1.29, 1.82) is 0 Å². The van der Waals surface area contributed by atoms with Crippen LogP contribution in [-0.4, -0.2) is 0 Å². The predicted molar refractivity (Wildman–Crippen MR) is 255 cm³/mol. The van der Waals surface area contributed by atoms with Crippen LogP contribution in [0, 0.1) is 0 Å². The van der Waals surface area contributed by atoms with Crippen molar-refractivity contribution in [3.63, 3.8) is 0 Å². The molecule has 1 heteroatoms. The number of anilines is 3. The summed E-state index contributed by atoms with van der Waals surface area (Å²) in [6.45, 7) is 4.78. The van der Waals surface area contributed by atoms with E-state index in [1.807, 2.05) is 0 Å². The minimum absolute atomic E-state index is 0.213. The predicted octanol–water partition coefficient (Wildman–Crippen LogP) is 16.4. The van der Waals surface area contributed by atoms with Gasteiger partial charge in [-0.3, -0.25) is 0 Å². The van der Waals surface area contributed by atoms with E-state index in [4.69, 9.17) is 0 Å². The summed E-state index contributed by atoms with van der Waals surface area (Å²) >= 11 is 0. The van der Waals surface area contributed by atoms with Gasteiger partial charge in [-0.25, -0.2) is 0 Å². The summed E-state index contributed by atoms with van der Waals surface area (Å²) in [6, 6.07) is 82.3. The molecule has 10 aromatic rings. The summed E-state index contributed by atoms with van der Waals surface area (Å²) in [5, 5.41) is 5.08.